The van der Waals surface area contributed by atoms with E-state index in [0.717, 1.165) is 45.4 Å². The summed E-state index contributed by atoms with van der Waals surface area (Å²) in [6, 6.07) is 0.819. The summed E-state index contributed by atoms with van der Waals surface area (Å²) in [5.41, 5.74) is 0. The van der Waals surface area contributed by atoms with Crippen molar-refractivity contribution in [2.45, 2.75) is 39.2 Å². The van der Waals surface area contributed by atoms with Crippen molar-refractivity contribution in [3.05, 3.63) is 0 Å². The number of rotatable bonds is 10. The van der Waals surface area contributed by atoms with E-state index in [9.17, 15) is 0 Å². The molecule has 0 aromatic carbocycles. The molecule has 1 N–H and O–H groups in total. The van der Waals surface area contributed by atoms with Crippen LogP contribution in [0.25, 0.3) is 0 Å². The molecule has 1 rings (SSSR count). The molecule has 1 saturated carbocycles. The standard InChI is InChI=1S/C12H25NO2/c1-11(2)10-15-9-8-14-7-3-6-13-12-4-5-12/h11-13H,3-10H2,1-2H3. The molecule has 0 atom stereocenters. The topological polar surface area (TPSA) is 30.5 Å². The Bertz CT molecular complexity index is 139. The van der Waals surface area contributed by atoms with Gasteiger partial charge in [0.15, 0.2) is 0 Å². The average molecular weight is 215 g/mol. The molecule has 0 radical (unpaired) electrons. The van der Waals surface area contributed by atoms with Gasteiger partial charge in [0.1, 0.15) is 0 Å². The molecular weight excluding hydrogens is 190 g/mol. The fourth-order valence-electron chi connectivity index (χ4n) is 1.31. The highest BCUT2D eigenvalue weighted by Crippen LogP contribution is 2.18. The van der Waals surface area contributed by atoms with Crippen LogP contribution in [0.3, 0.4) is 0 Å². The minimum atomic E-state index is 0.618. The van der Waals surface area contributed by atoms with Crippen LogP contribution in [-0.2, 0) is 9.47 Å². The van der Waals surface area contributed by atoms with Crippen molar-refractivity contribution < 1.29 is 9.47 Å². The summed E-state index contributed by atoms with van der Waals surface area (Å²) >= 11 is 0. The van der Waals surface area contributed by atoms with Gasteiger partial charge in [-0.2, -0.15) is 0 Å². The lowest BCUT2D eigenvalue weighted by Gasteiger charge is -2.07. The maximum absolute atomic E-state index is 5.45. The lowest BCUT2D eigenvalue weighted by Crippen LogP contribution is -2.19. The van der Waals surface area contributed by atoms with E-state index in [4.69, 9.17) is 9.47 Å². The number of hydrogen-bond acceptors (Lipinski definition) is 3. The van der Waals surface area contributed by atoms with Crippen molar-refractivity contribution in [1.82, 2.24) is 5.32 Å². The summed E-state index contributed by atoms with van der Waals surface area (Å²) in [7, 11) is 0. The average Bonchev–Trinajstić information content (AvgIpc) is 2.98. The second-order valence-electron chi connectivity index (χ2n) is 4.66. The smallest absolute Gasteiger partial charge is 0.0700 e. The normalized spacial score (nSPS) is 16.2. The van der Waals surface area contributed by atoms with Gasteiger partial charge in [-0.05, 0) is 31.7 Å². The molecule has 3 nitrogen and oxygen atoms in total. The van der Waals surface area contributed by atoms with E-state index in [2.05, 4.69) is 19.2 Å². The van der Waals surface area contributed by atoms with Crippen LogP contribution in [0.1, 0.15) is 33.1 Å². The van der Waals surface area contributed by atoms with E-state index in [1.807, 2.05) is 0 Å². The van der Waals surface area contributed by atoms with Crippen LogP contribution in [0.5, 0.6) is 0 Å². The van der Waals surface area contributed by atoms with E-state index >= 15 is 0 Å². The Morgan fingerprint density at radius 1 is 1.13 bits per heavy atom. The van der Waals surface area contributed by atoms with Crippen molar-refractivity contribution >= 4 is 0 Å². The first-order valence-corrected chi connectivity index (χ1v) is 6.18. The summed E-state index contributed by atoms with van der Waals surface area (Å²) in [5.74, 6) is 0.618. The molecular formula is C12H25NO2. The quantitative estimate of drug-likeness (QED) is 0.564. The SMILES string of the molecule is CC(C)COCCOCCCNC1CC1. The van der Waals surface area contributed by atoms with Gasteiger partial charge in [-0.15, -0.1) is 0 Å². The third-order valence-corrected chi connectivity index (χ3v) is 2.30. The zero-order chi connectivity index (χ0) is 10.9. The van der Waals surface area contributed by atoms with Crippen LogP contribution in [0, 0.1) is 5.92 Å². The largest absolute Gasteiger partial charge is 0.379 e. The van der Waals surface area contributed by atoms with Crippen LogP contribution >= 0.6 is 0 Å². The highest BCUT2D eigenvalue weighted by molar-refractivity contribution is 4.80. The Morgan fingerprint density at radius 3 is 2.53 bits per heavy atom. The predicted octanol–water partition coefficient (Wildman–Crippen LogP) is 1.82. The molecule has 0 heterocycles. The number of nitrogens with one attached hydrogen (secondary N) is 1. The van der Waals surface area contributed by atoms with Gasteiger partial charge in [-0.1, -0.05) is 13.8 Å². The molecule has 15 heavy (non-hydrogen) atoms. The molecule has 0 spiro atoms. The second kappa shape index (κ2) is 8.08. The van der Waals surface area contributed by atoms with Crippen LogP contribution < -0.4 is 5.32 Å². The van der Waals surface area contributed by atoms with Gasteiger partial charge in [0.2, 0.25) is 0 Å². The van der Waals surface area contributed by atoms with Crippen molar-refractivity contribution in [2.24, 2.45) is 5.92 Å². The molecule has 0 aliphatic heterocycles. The Morgan fingerprint density at radius 2 is 1.87 bits per heavy atom. The molecule has 0 saturated heterocycles. The number of hydrogen-bond donors (Lipinski definition) is 1. The Kier molecular flexibility index (Phi) is 6.98. The van der Waals surface area contributed by atoms with E-state index in [1.54, 1.807) is 0 Å². The Hall–Kier alpha value is -0.120. The Balaban J connectivity index is 1.65. The van der Waals surface area contributed by atoms with E-state index in [1.165, 1.54) is 12.8 Å². The van der Waals surface area contributed by atoms with Gasteiger partial charge in [0.25, 0.3) is 0 Å². The highest BCUT2D eigenvalue weighted by atomic mass is 16.5. The molecule has 1 aliphatic rings. The third kappa shape index (κ3) is 8.85. The van der Waals surface area contributed by atoms with Crippen molar-refractivity contribution in [2.75, 3.05) is 33.0 Å². The zero-order valence-electron chi connectivity index (χ0n) is 10.1. The Labute approximate surface area is 93.5 Å². The van der Waals surface area contributed by atoms with Gasteiger partial charge in [0.05, 0.1) is 13.2 Å². The van der Waals surface area contributed by atoms with Crippen LogP contribution in [0.2, 0.25) is 0 Å². The van der Waals surface area contributed by atoms with Crippen molar-refractivity contribution in [3.63, 3.8) is 0 Å². The van der Waals surface area contributed by atoms with Gasteiger partial charge in [-0.3, -0.25) is 0 Å². The van der Waals surface area contributed by atoms with E-state index < -0.39 is 0 Å². The predicted molar refractivity (Wildman–Crippen MR) is 62.1 cm³/mol. The van der Waals surface area contributed by atoms with Crippen molar-refractivity contribution in [3.8, 4) is 0 Å². The summed E-state index contributed by atoms with van der Waals surface area (Å²) in [4.78, 5) is 0. The lowest BCUT2D eigenvalue weighted by atomic mass is 10.2. The van der Waals surface area contributed by atoms with Crippen LogP contribution in [0.15, 0.2) is 0 Å². The minimum Gasteiger partial charge on any atom is -0.379 e. The fraction of sp³-hybridized carbons (Fsp3) is 1.00. The molecule has 0 unspecified atom stereocenters. The van der Waals surface area contributed by atoms with Gasteiger partial charge in [-0.25, -0.2) is 0 Å². The summed E-state index contributed by atoms with van der Waals surface area (Å²) in [5, 5.41) is 3.46. The first-order chi connectivity index (χ1) is 7.29. The van der Waals surface area contributed by atoms with Gasteiger partial charge < -0.3 is 14.8 Å². The lowest BCUT2D eigenvalue weighted by molar-refractivity contribution is 0.0371. The molecule has 0 bridgehead atoms. The maximum Gasteiger partial charge on any atom is 0.0700 e. The van der Waals surface area contributed by atoms with Gasteiger partial charge >= 0.3 is 0 Å². The fourth-order valence-corrected chi connectivity index (χ4v) is 1.31. The van der Waals surface area contributed by atoms with E-state index in [-0.39, 0.29) is 0 Å². The van der Waals surface area contributed by atoms with Crippen molar-refractivity contribution in [1.29, 1.82) is 0 Å². The first kappa shape index (κ1) is 12.9. The van der Waals surface area contributed by atoms with Gasteiger partial charge in [0, 0.05) is 19.3 Å². The van der Waals surface area contributed by atoms with Crippen LogP contribution in [0.4, 0.5) is 0 Å². The second-order valence-corrected chi connectivity index (χ2v) is 4.66. The summed E-state index contributed by atoms with van der Waals surface area (Å²) in [6.45, 7) is 8.56. The highest BCUT2D eigenvalue weighted by Gasteiger charge is 2.19. The molecule has 0 aromatic heterocycles. The van der Waals surface area contributed by atoms with Crippen LogP contribution in [-0.4, -0.2) is 39.0 Å². The monoisotopic (exact) mass is 215 g/mol. The zero-order valence-corrected chi connectivity index (χ0v) is 10.1. The first-order valence-electron chi connectivity index (χ1n) is 6.18. The van der Waals surface area contributed by atoms with E-state index in [0.29, 0.717) is 5.92 Å². The molecule has 1 fully saturated rings. The molecule has 1 aliphatic carbocycles. The molecule has 3 heteroatoms. The third-order valence-electron chi connectivity index (χ3n) is 2.30. The number of ether oxygens (including phenoxy) is 2. The summed E-state index contributed by atoms with van der Waals surface area (Å²) in [6.07, 6.45) is 3.84. The molecule has 0 amide bonds. The maximum atomic E-state index is 5.45. The summed E-state index contributed by atoms with van der Waals surface area (Å²) < 4.78 is 10.9. The minimum absolute atomic E-state index is 0.618. The molecule has 0 aromatic rings. The molecule has 90 valence electrons.